The molecule has 0 saturated carbocycles. The molecule has 3 amide bonds. The van der Waals surface area contributed by atoms with Gasteiger partial charge in [-0.05, 0) is 60.7 Å². The monoisotopic (exact) mass is 525 g/mol. The maximum absolute atomic E-state index is 14.2. The number of halogens is 3. The van der Waals surface area contributed by atoms with E-state index in [1.165, 1.54) is 31.3 Å². The zero-order chi connectivity index (χ0) is 27.3. The van der Waals surface area contributed by atoms with Gasteiger partial charge in [-0.2, -0.15) is 0 Å². The molecule has 0 spiro atoms. The van der Waals surface area contributed by atoms with Crippen LogP contribution in [0.5, 0.6) is 0 Å². The standard InChI is InChI=1S/C29H30F3N3O3/c1-19(20-4-6-21(7-5-20)25-13-12-24(31)18-26(25)32)35-17-15-29(38-28(35)37,14-3-16-34-27(36)33-2)22-8-10-23(30)11-9-22/h4-13,18-19H,3,14-17H2,1-2H3,(H2,33,34,36)/t19-,29-/m0/s1. The van der Waals surface area contributed by atoms with Crippen molar-refractivity contribution in [1.82, 2.24) is 15.5 Å². The van der Waals surface area contributed by atoms with E-state index in [9.17, 15) is 22.8 Å². The zero-order valence-electron chi connectivity index (χ0n) is 21.3. The third-order valence-corrected chi connectivity index (χ3v) is 7.02. The van der Waals surface area contributed by atoms with Gasteiger partial charge in [0, 0.05) is 38.2 Å². The van der Waals surface area contributed by atoms with Crippen LogP contribution in [0.4, 0.5) is 22.8 Å². The van der Waals surface area contributed by atoms with Gasteiger partial charge in [0.05, 0.1) is 6.04 Å². The third kappa shape index (κ3) is 5.93. The van der Waals surface area contributed by atoms with Gasteiger partial charge in [-0.1, -0.05) is 36.4 Å². The second-order valence-electron chi connectivity index (χ2n) is 9.34. The third-order valence-electron chi connectivity index (χ3n) is 7.02. The van der Waals surface area contributed by atoms with Crippen LogP contribution in [0.1, 0.15) is 43.4 Å². The summed E-state index contributed by atoms with van der Waals surface area (Å²) in [6.07, 6.45) is 0.984. The molecule has 200 valence electrons. The lowest BCUT2D eigenvalue weighted by Crippen LogP contribution is -2.49. The number of amides is 3. The van der Waals surface area contributed by atoms with Crippen molar-refractivity contribution < 1.29 is 27.5 Å². The molecule has 3 aromatic rings. The second-order valence-corrected chi connectivity index (χ2v) is 9.34. The fourth-order valence-electron chi connectivity index (χ4n) is 4.81. The number of ether oxygens (including phenoxy) is 1. The molecule has 1 saturated heterocycles. The van der Waals surface area contributed by atoms with Crippen LogP contribution in [0.2, 0.25) is 0 Å². The van der Waals surface area contributed by atoms with Crippen molar-refractivity contribution in [2.75, 3.05) is 20.1 Å². The molecule has 0 aromatic heterocycles. The summed E-state index contributed by atoms with van der Waals surface area (Å²) < 4.78 is 47.1. The molecule has 1 heterocycles. The summed E-state index contributed by atoms with van der Waals surface area (Å²) in [5, 5.41) is 5.22. The molecule has 6 nitrogen and oxygen atoms in total. The van der Waals surface area contributed by atoms with Gasteiger partial charge in [0.15, 0.2) is 0 Å². The lowest BCUT2D eigenvalue weighted by molar-refractivity contribution is -0.0663. The maximum Gasteiger partial charge on any atom is 0.411 e. The molecule has 0 unspecified atom stereocenters. The van der Waals surface area contributed by atoms with Gasteiger partial charge in [-0.15, -0.1) is 0 Å². The first-order chi connectivity index (χ1) is 18.2. The van der Waals surface area contributed by atoms with Crippen LogP contribution in [-0.2, 0) is 10.3 Å². The highest BCUT2D eigenvalue weighted by Gasteiger charge is 2.43. The molecule has 3 aromatic carbocycles. The van der Waals surface area contributed by atoms with Crippen molar-refractivity contribution in [2.45, 2.75) is 37.8 Å². The van der Waals surface area contributed by atoms with E-state index in [1.54, 1.807) is 29.2 Å². The Morgan fingerprint density at radius 2 is 1.71 bits per heavy atom. The van der Waals surface area contributed by atoms with Crippen LogP contribution in [0.15, 0.2) is 66.7 Å². The fourth-order valence-corrected chi connectivity index (χ4v) is 4.81. The van der Waals surface area contributed by atoms with E-state index in [0.717, 1.165) is 11.6 Å². The maximum atomic E-state index is 14.2. The largest absolute Gasteiger partial charge is 0.438 e. The minimum atomic E-state index is -0.949. The van der Waals surface area contributed by atoms with Crippen LogP contribution >= 0.6 is 0 Å². The lowest BCUT2D eigenvalue weighted by Gasteiger charge is -2.43. The molecule has 38 heavy (non-hydrogen) atoms. The lowest BCUT2D eigenvalue weighted by atomic mass is 9.84. The van der Waals surface area contributed by atoms with E-state index in [2.05, 4.69) is 10.6 Å². The van der Waals surface area contributed by atoms with Gasteiger partial charge in [0.25, 0.3) is 0 Å². The van der Waals surface area contributed by atoms with E-state index >= 15 is 0 Å². The molecule has 1 aliphatic rings. The number of rotatable bonds is 8. The van der Waals surface area contributed by atoms with Crippen LogP contribution in [0, 0.1) is 17.5 Å². The van der Waals surface area contributed by atoms with Crippen LogP contribution in [-0.4, -0.2) is 37.2 Å². The topological polar surface area (TPSA) is 70.7 Å². The molecule has 2 N–H and O–H groups in total. The average molecular weight is 526 g/mol. The van der Waals surface area contributed by atoms with Gasteiger partial charge >= 0.3 is 12.1 Å². The summed E-state index contributed by atoms with van der Waals surface area (Å²) in [6, 6.07) is 15.8. The highest BCUT2D eigenvalue weighted by molar-refractivity contribution is 5.73. The summed E-state index contributed by atoms with van der Waals surface area (Å²) >= 11 is 0. The van der Waals surface area contributed by atoms with E-state index in [0.29, 0.717) is 43.5 Å². The number of hydrogen-bond acceptors (Lipinski definition) is 3. The summed E-state index contributed by atoms with van der Waals surface area (Å²) in [7, 11) is 1.53. The summed E-state index contributed by atoms with van der Waals surface area (Å²) in [5.74, 6) is -1.67. The number of benzene rings is 3. The number of urea groups is 1. The highest BCUT2D eigenvalue weighted by atomic mass is 19.1. The number of nitrogens with zero attached hydrogens (tertiary/aromatic N) is 1. The summed E-state index contributed by atoms with van der Waals surface area (Å²) in [6.45, 7) is 2.67. The van der Waals surface area contributed by atoms with Crippen molar-refractivity contribution in [3.63, 3.8) is 0 Å². The summed E-state index contributed by atoms with van der Waals surface area (Å²) in [5.41, 5.74) is 1.47. The Kier molecular flexibility index (Phi) is 8.24. The SMILES string of the molecule is CNC(=O)NCCC[C@@]1(c2ccc(F)cc2)CCN([C@@H](C)c2ccc(-c3ccc(F)cc3F)cc2)C(=O)O1. The Hall–Kier alpha value is -4.01. The van der Waals surface area contributed by atoms with Crippen LogP contribution < -0.4 is 10.6 Å². The molecule has 0 radical (unpaired) electrons. The number of hydrogen-bond donors (Lipinski definition) is 2. The molecule has 0 aliphatic carbocycles. The smallest absolute Gasteiger partial charge is 0.411 e. The fraction of sp³-hybridized carbons (Fsp3) is 0.310. The van der Waals surface area contributed by atoms with E-state index < -0.39 is 23.3 Å². The van der Waals surface area contributed by atoms with E-state index in [4.69, 9.17) is 4.74 Å². The Balaban J connectivity index is 1.48. The molecule has 9 heteroatoms. The predicted molar refractivity (Wildman–Crippen MR) is 138 cm³/mol. The van der Waals surface area contributed by atoms with Gasteiger partial charge in [0.2, 0.25) is 0 Å². The average Bonchev–Trinajstić information content (AvgIpc) is 2.91. The van der Waals surface area contributed by atoms with Crippen molar-refractivity contribution >= 4 is 12.1 Å². The van der Waals surface area contributed by atoms with Gasteiger partial charge in [-0.3, -0.25) is 0 Å². The molecule has 4 rings (SSSR count). The Labute approximate surface area is 219 Å². The highest BCUT2D eigenvalue weighted by Crippen LogP contribution is 2.40. The van der Waals surface area contributed by atoms with Gasteiger partial charge in [-0.25, -0.2) is 22.8 Å². The number of nitrogens with one attached hydrogen (secondary N) is 2. The normalized spacial score (nSPS) is 18.0. The first-order valence-electron chi connectivity index (χ1n) is 12.5. The van der Waals surface area contributed by atoms with Gasteiger partial charge < -0.3 is 20.3 Å². The molecular weight excluding hydrogens is 495 g/mol. The van der Waals surface area contributed by atoms with E-state index in [-0.39, 0.29) is 23.5 Å². The van der Waals surface area contributed by atoms with Crippen molar-refractivity contribution in [3.05, 3.63) is 95.3 Å². The van der Waals surface area contributed by atoms with E-state index in [1.807, 2.05) is 19.1 Å². The molecular formula is C29H30F3N3O3. The Morgan fingerprint density at radius 3 is 2.34 bits per heavy atom. The zero-order valence-corrected chi connectivity index (χ0v) is 21.3. The van der Waals surface area contributed by atoms with Crippen LogP contribution in [0.25, 0.3) is 11.1 Å². The van der Waals surface area contributed by atoms with Crippen molar-refractivity contribution in [2.24, 2.45) is 0 Å². The van der Waals surface area contributed by atoms with Crippen LogP contribution in [0.3, 0.4) is 0 Å². The summed E-state index contributed by atoms with van der Waals surface area (Å²) in [4.78, 5) is 26.4. The molecule has 0 bridgehead atoms. The van der Waals surface area contributed by atoms with Gasteiger partial charge in [0.1, 0.15) is 23.1 Å². The first kappa shape index (κ1) is 27.0. The first-order valence-corrected chi connectivity index (χ1v) is 12.5. The minimum absolute atomic E-state index is 0.290. The number of carbonyl (C=O) groups is 2. The Bertz CT molecular complexity index is 1280. The number of carbonyl (C=O) groups excluding carboxylic acids is 2. The number of cyclic esters (lactones) is 1. The van der Waals surface area contributed by atoms with Crippen molar-refractivity contribution in [3.8, 4) is 11.1 Å². The molecule has 2 atom stereocenters. The molecule has 1 aliphatic heterocycles. The quantitative estimate of drug-likeness (QED) is 0.340. The predicted octanol–water partition coefficient (Wildman–Crippen LogP) is 6.28. The minimum Gasteiger partial charge on any atom is -0.438 e. The molecule has 1 fully saturated rings. The Morgan fingerprint density at radius 1 is 1.03 bits per heavy atom. The van der Waals surface area contributed by atoms with Crippen molar-refractivity contribution in [1.29, 1.82) is 0 Å². The second kappa shape index (κ2) is 11.6.